The Balaban J connectivity index is 2.83. The summed E-state index contributed by atoms with van der Waals surface area (Å²) in [5, 5.41) is 17.4. The van der Waals surface area contributed by atoms with Crippen molar-refractivity contribution < 1.29 is 14.6 Å². The largest absolute Gasteiger partial charge is 0.396 e. The molecule has 3 heteroatoms. The minimum absolute atomic E-state index is 0.0534. The molecule has 0 heterocycles. The van der Waals surface area contributed by atoms with Gasteiger partial charge in [-0.05, 0) is 24.1 Å². The van der Waals surface area contributed by atoms with Gasteiger partial charge in [0, 0.05) is 12.2 Å². The fourth-order valence-electron chi connectivity index (χ4n) is 1.10. The van der Waals surface area contributed by atoms with Gasteiger partial charge in [-0.1, -0.05) is 18.2 Å². The van der Waals surface area contributed by atoms with Crippen molar-refractivity contribution in [3.05, 3.63) is 41.2 Å². The summed E-state index contributed by atoms with van der Waals surface area (Å²) in [6, 6.07) is 4.45. The maximum Gasteiger partial charge on any atom is 0.130 e. The third kappa shape index (κ3) is 2.94. The van der Waals surface area contributed by atoms with Gasteiger partial charge in [0.1, 0.15) is 5.82 Å². The Kier molecular flexibility index (Phi) is 4.29. The first-order valence-corrected chi connectivity index (χ1v) is 4.44. The monoisotopic (exact) mass is 196 g/mol. The van der Waals surface area contributed by atoms with Gasteiger partial charge < -0.3 is 10.2 Å². The number of aliphatic hydroxyl groups is 2. The zero-order valence-corrected chi connectivity index (χ0v) is 7.78. The van der Waals surface area contributed by atoms with Crippen molar-refractivity contribution in [2.45, 2.75) is 13.0 Å². The fraction of sp³-hybridized carbons (Fsp3) is 0.273. The second-order valence-electron chi connectivity index (χ2n) is 2.93. The summed E-state index contributed by atoms with van der Waals surface area (Å²) >= 11 is 0. The van der Waals surface area contributed by atoms with Crippen molar-refractivity contribution in [1.29, 1.82) is 0 Å². The van der Waals surface area contributed by atoms with Crippen molar-refractivity contribution in [2.24, 2.45) is 0 Å². The molecule has 1 aromatic rings. The standard InChI is InChI=1S/C11H13FO2/c12-11-5-4-9(8-14)7-10(11)3-1-2-6-13/h1,3-5,7,13-14H,2,6,8H2. The molecule has 0 radical (unpaired) electrons. The highest BCUT2D eigenvalue weighted by molar-refractivity contribution is 5.51. The molecule has 2 N–H and O–H groups in total. The van der Waals surface area contributed by atoms with E-state index in [9.17, 15) is 4.39 Å². The van der Waals surface area contributed by atoms with Crippen LogP contribution in [0, 0.1) is 5.82 Å². The lowest BCUT2D eigenvalue weighted by Crippen LogP contribution is -1.88. The summed E-state index contributed by atoms with van der Waals surface area (Å²) in [6.45, 7) is -0.0427. The quantitative estimate of drug-likeness (QED) is 0.769. The van der Waals surface area contributed by atoms with E-state index >= 15 is 0 Å². The molecule has 76 valence electrons. The van der Waals surface area contributed by atoms with Crippen molar-refractivity contribution >= 4 is 6.08 Å². The summed E-state index contributed by atoms with van der Waals surface area (Å²) in [4.78, 5) is 0. The molecule has 0 aromatic heterocycles. The Hall–Kier alpha value is -1.19. The molecule has 0 amide bonds. The zero-order chi connectivity index (χ0) is 10.4. The van der Waals surface area contributed by atoms with Crippen LogP contribution in [0.3, 0.4) is 0 Å². The minimum atomic E-state index is -0.323. The second kappa shape index (κ2) is 5.52. The molecule has 0 spiro atoms. The molecule has 0 saturated carbocycles. The molecular weight excluding hydrogens is 183 g/mol. The van der Waals surface area contributed by atoms with Crippen molar-refractivity contribution in [3.63, 3.8) is 0 Å². The Morgan fingerprint density at radius 3 is 2.71 bits per heavy atom. The number of aliphatic hydroxyl groups excluding tert-OH is 2. The van der Waals surface area contributed by atoms with Crippen LogP contribution in [0.1, 0.15) is 17.5 Å². The van der Waals surface area contributed by atoms with Gasteiger partial charge in [-0.25, -0.2) is 4.39 Å². The summed E-state index contributed by atoms with van der Waals surface area (Å²) < 4.78 is 13.1. The van der Waals surface area contributed by atoms with Gasteiger partial charge in [-0.3, -0.25) is 0 Å². The van der Waals surface area contributed by atoms with Crippen LogP contribution in [0.5, 0.6) is 0 Å². The van der Waals surface area contributed by atoms with Crippen molar-refractivity contribution in [2.75, 3.05) is 6.61 Å². The van der Waals surface area contributed by atoms with Gasteiger partial charge in [0.25, 0.3) is 0 Å². The number of benzene rings is 1. The highest BCUT2D eigenvalue weighted by Crippen LogP contribution is 2.12. The van der Waals surface area contributed by atoms with Crippen LogP contribution in [0.2, 0.25) is 0 Å². The Morgan fingerprint density at radius 2 is 2.07 bits per heavy atom. The van der Waals surface area contributed by atoms with Gasteiger partial charge in [-0.2, -0.15) is 0 Å². The summed E-state index contributed by atoms with van der Waals surface area (Å²) in [5.74, 6) is -0.323. The van der Waals surface area contributed by atoms with Crippen LogP contribution < -0.4 is 0 Å². The predicted molar refractivity (Wildman–Crippen MR) is 53.1 cm³/mol. The maximum atomic E-state index is 13.1. The molecule has 0 atom stereocenters. The average Bonchev–Trinajstić information content (AvgIpc) is 2.21. The Morgan fingerprint density at radius 1 is 1.29 bits per heavy atom. The molecule has 0 aliphatic rings. The summed E-state index contributed by atoms with van der Waals surface area (Å²) in [5.41, 5.74) is 1.11. The van der Waals surface area contributed by atoms with Crippen LogP contribution in [-0.4, -0.2) is 16.8 Å². The maximum absolute atomic E-state index is 13.1. The van der Waals surface area contributed by atoms with Gasteiger partial charge in [0.2, 0.25) is 0 Å². The fourth-order valence-corrected chi connectivity index (χ4v) is 1.10. The molecule has 0 fully saturated rings. The lowest BCUT2D eigenvalue weighted by atomic mass is 10.1. The first-order chi connectivity index (χ1) is 6.77. The van der Waals surface area contributed by atoms with Gasteiger partial charge in [0.05, 0.1) is 6.61 Å². The first-order valence-electron chi connectivity index (χ1n) is 4.44. The van der Waals surface area contributed by atoms with Crippen molar-refractivity contribution in [3.8, 4) is 0 Å². The van der Waals surface area contributed by atoms with Crippen molar-refractivity contribution in [1.82, 2.24) is 0 Å². The zero-order valence-electron chi connectivity index (χ0n) is 7.78. The number of hydrogen-bond donors (Lipinski definition) is 2. The average molecular weight is 196 g/mol. The van der Waals surface area contributed by atoms with E-state index < -0.39 is 0 Å². The molecule has 1 aromatic carbocycles. The molecular formula is C11H13FO2. The highest BCUT2D eigenvalue weighted by Gasteiger charge is 1.99. The minimum Gasteiger partial charge on any atom is -0.396 e. The van der Waals surface area contributed by atoms with E-state index in [1.165, 1.54) is 6.07 Å². The number of halogens is 1. The SMILES string of the molecule is OCCC=Cc1cc(CO)ccc1F. The lowest BCUT2D eigenvalue weighted by molar-refractivity contribution is 0.281. The Bertz CT molecular complexity index is 321. The molecule has 14 heavy (non-hydrogen) atoms. The summed E-state index contributed by atoms with van der Waals surface area (Å²) in [6.07, 6.45) is 3.80. The van der Waals surface area contributed by atoms with E-state index in [0.717, 1.165) is 0 Å². The molecule has 0 aliphatic heterocycles. The summed E-state index contributed by atoms with van der Waals surface area (Å²) in [7, 11) is 0. The molecule has 0 aliphatic carbocycles. The molecule has 0 unspecified atom stereocenters. The Labute approximate surface area is 82.3 Å². The highest BCUT2D eigenvalue weighted by atomic mass is 19.1. The van der Waals surface area contributed by atoms with E-state index in [1.807, 2.05) is 0 Å². The smallest absolute Gasteiger partial charge is 0.130 e. The van der Waals surface area contributed by atoms with Gasteiger partial charge in [-0.15, -0.1) is 0 Å². The normalized spacial score (nSPS) is 11.1. The van der Waals surface area contributed by atoms with Crippen LogP contribution in [0.15, 0.2) is 24.3 Å². The lowest BCUT2D eigenvalue weighted by Gasteiger charge is -2.00. The number of hydrogen-bond acceptors (Lipinski definition) is 2. The van der Waals surface area contributed by atoms with E-state index in [4.69, 9.17) is 10.2 Å². The predicted octanol–water partition coefficient (Wildman–Crippen LogP) is 1.71. The van der Waals surface area contributed by atoms with Gasteiger partial charge in [0.15, 0.2) is 0 Å². The third-order valence-corrected chi connectivity index (χ3v) is 1.84. The second-order valence-corrected chi connectivity index (χ2v) is 2.93. The van der Waals surface area contributed by atoms with E-state index in [-0.39, 0.29) is 19.0 Å². The molecule has 2 nitrogen and oxygen atoms in total. The molecule has 0 bridgehead atoms. The van der Waals surface area contributed by atoms with E-state index in [2.05, 4.69) is 0 Å². The topological polar surface area (TPSA) is 40.5 Å². The van der Waals surface area contributed by atoms with E-state index in [1.54, 1.807) is 24.3 Å². The van der Waals surface area contributed by atoms with E-state index in [0.29, 0.717) is 17.5 Å². The third-order valence-electron chi connectivity index (χ3n) is 1.84. The molecule has 1 rings (SSSR count). The van der Waals surface area contributed by atoms with Gasteiger partial charge >= 0.3 is 0 Å². The van der Waals surface area contributed by atoms with Crippen LogP contribution in [0.4, 0.5) is 4.39 Å². The number of rotatable bonds is 4. The first kappa shape index (κ1) is 10.9. The van der Waals surface area contributed by atoms with Crippen LogP contribution in [0.25, 0.3) is 6.08 Å². The van der Waals surface area contributed by atoms with Crippen LogP contribution in [-0.2, 0) is 6.61 Å². The van der Waals surface area contributed by atoms with Crippen LogP contribution >= 0.6 is 0 Å². The molecule has 0 saturated heterocycles.